The molecule has 0 spiro atoms. The van der Waals surface area contributed by atoms with Crippen LogP contribution in [0.4, 0.5) is 5.69 Å². The van der Waals surface area contributed by atoms with E-state index in [-0.39, 0.29) is 5.69 Å². The van der Waals surface area contributed by atoms with Crippen molar-refractivity contribution in [1.82, 2.24) is 5.16 Å². The Morgan fingerprint density at radius 1 is 1.29 bits per heavy atom. The molecule has 0 radical (unpaired) electrons. The van der Waals surface area contributed by atoms with E-state index in [0.717, 1.165) is 11.3 Å². The Kier molecular flexibility index (Phi) is 2.91. The molecule has 5 heteroatoms. The maximum Gasteiger partial charge on any atom is 0.269 e. The van der Waals surface area contributed by atoms with Gasteiger partial charge in [-0.05, 0) is 18.1 Å². The van der Waals surface area contributed by atoms with Crippen LogP contribution < -0.4 is 0 Å². The Morgan fingerprint density at radius 3 is 2.41 bits per heavy atom. The van der Waals surface area contributed by atoms with Gasteiger partial charge >= 0.3 is 0 Å². The summed E-state index contributed by atoms with van der Waals surface area (Å²) in [4.78, 5) is 10.1. The van der Waals surface area contributed by atoms with E-state index in [1.165, 1.54) is 12.1 Å². The minimum Gasteiger partial charge on any atom is -0.356 e. The van der Waals surface area contributed by atoms with Crippen molar-refractivity contribution in [1.29, 1.82) is 0 Å². The molecule has 0 unspecified atom stereocenters. The number of hydrogen-bond donors (Lipinski definition) is 0. The SMILES string of the molecule is CC(C)c1cc(-c2ccc([N+](=O)[O-])cc2)on1. The van der Waals surface area contributed by atoms with Crippen molar-refractivity contribution in [2.24, 2.45) is 0 Å². The first-order valence-corrected chi connectivity index (χ1v) is 5.29. The molecular formula is C12H12N2O3. The summed E-state index contributed by atoms with van der Waals surface area (Å²) in [6.07, 6.45) is 0. The molecule has 0 amide bonds. The number of rotatable bonds is 3. The molecule has 1 aromatic carbocycles. The number of non-ortho nitro benzene ring substituents is 1. The predicted molar refractivity (Wildman–Crippen MR) is 62.7 cm³/mol. The molecule has 0 fully saturated rings. The van der Waals surface area contributed by atoms with E-state index in [2.05, 4.69) is 5.16 Å². The van der Waals surface area contributed by atoms with Crippen LogP contribution in [0.5, 0.6) is 0 Å². The van der Waals surface area contributed by atoms with Gasteiger partial charge in [-0.15, -0.1) is 0 Å². The van der Waals surface area contributed by atoms with Gasteiger partial charge in [0.1, 0.15) is 0 Å². The van der Waals surface area contributed by atoms with Crippen LogP contribution in [0.15, 0.2) is 34.9 Å². The van der Waals surface area contributed by atoms with E-state index >= 15 is 0 Å². The molecule has 0 atom stereocenters. The van der Waals surface area contributed by atoms with Crippen molar-refractivity contribution < 1.29 is 9.45 Å². The topological polar surface area (TPSA) is 69.2 Å². The van der Waals surface area contributed by atoms with Crippen LogP contribution in [0.25, 0.3) is 11.3 Å². The summed E-state index contributed by atoms with van der Waals surface area (Å²) in [7, 11) is 0. The van der Waals surface area contributed by atoms with Crippen LogP contribution >= 0.6 is 0 Å². The van der Waals surface area contributed by atoms with E-state index < -0.39 is 4.92 Å². The average Bonchev–Trinajstić information content (AvgIpc) is 2.78. The maximum absolute atomic E-state index is 10.5. The second kappa shape index (κ2) is 4.37. The quantitative estimate of drug-likeness (QED) is 0.600. The number of benzene rings is 1. The molecule has 2 rings (SSSR count). The summed E-state index contributed by atoms with van der Waals surface area (Å²) in [5, 5.41) is 14.5. The fraction of sp³-hybridized carbons (Fsp3) is 0.250. The number of nitrogens with zero attached hydrogens (tertiary/aromatic N) is 2. The highest BCUT2D eigenvalue weighted by Crippen LogP contribution is 2.25. The fourth-order valence-electron chi connectivity index (χ4n) is 1.44. The van der Waals surface area contributed by atoms with Crippen LogP contribution in [0.3, 0.4) is 0 Å². The van der Waals surface area contributed by atoms with E-state index in [1.807, 2.05) is 19.9 Å². The molecule has 1 heterocycles. The van der Waals surface area contributed by atoms with Gasteiger partial charge in [-0.3, -0.25) is 10.1 Å². The van der Waals surface area contributed by atoms with Gasteiger partial charge in [-0.2, -0.15) is 0 Å². The molecule has 0 saturated carbocycles. The summed E-state index contributed by atoms with van der Waals surface area (Å²) in [6.45, 7) is 4.05. The number of hydrogen-bond acceptors (Lipinski definition) is 4. The number of aromatic nitrogens is 1. The molecule has 5 nitrogen and oxygen atoms in total. The van der Waals surface area contributed by atoms with Gasteiger partial charge in [0.05, 0.1) is 10.6 Å². The monoisotopic (exact) mass is 232 g/mol. The van der Waals surface area contributed by atoms with E-state index in [1.54, 1.807) is 12.1 Å². The molecule has 0 aliphatic rings. The Balaban J connectivity index is 2.30. The van der Waals surface area contributed by atoms with Gasteiger partial charge in [0, 0.05) is 23.8 Å². The van der Waals surface area contributed by atoms with E-state index in [9.17, 15) is 10.1 Å². The first-order chi connectivity index (χ1) is 8.08. The minimum atomic E-state index is -0.427. The fourth-order valence-corrected chi connectivity index (χ4v) is 1.44. The summed E-state index contributed by atoms with van der Waals surface area (Å²) in [6, 6.07) is 8.07. The minimum absolute atomic E-state index is 0.0670. The zero-order chi connectivity index (χ0) is 12.4. The summed E-state index contributed by atoms with van der Waals surface area (Å²) in [5.74, 6) is 0.925. The summed E-state index contributed by atoms with van der Waals surface area (Å²) < 4.78 is 5.19. The zero-order valence-corrected chi connectivity index (χ0v) is 9.58. The standard InChI is InChI=1S/C12H12N2O3/c1-8(2)11-7-12(17-13-11)9-3-5-10(6-4-9)14(15)16/h3-8H,1-2H3. The molecular weight excluding hydrogens is 220 g/mol. The molecule has 0 bridgehead atoms. The predicted octanol–water partition coefficient (Wildman–Crippen LogP) is 3.37. The lowest BCUT2D eigenvalue weighted by Gasteiger charge is -1.95. The second-order valence-electron chi connectivity index (χ2n) is 4.07. The Morgan fingerprint density at radius 2 is 1.94 bits per heavy atom. The third kappa shape index (κ3) is 2.33. The van der Waals surface area contributed by atoms with Gasteiger partial charge < -0.3 is 4.52 Å². The van der Waals surface area contributed by atoms with Crippen molar-refractivity contribution >= 4 is 5.69 Å². The van der Waals surface area contributed by atoms with Crippen molar-refractivity contribution in [3.05, 3.63) is 46.1 Å². The molecule has 0 saturated heterocycles. The lowest BCUT2D eigenvalue weighted by molar-refractivity contribution is -0.384. The van der Waals surface area contributed by atoms with Crippen LogP contribution in [0, 0.1) is 10.1 Å². The van der Waals surface area contributed by atoms with Crippen LogP contribution in [-0.4, -0.2) is 10.1 Å². The van der Waals surface area contributed by atoms with E-state index in [0.29, 0.717) is 11.7 Å². The molecule has 2 aromatic rings. The molecule has 17 heavy (non-hydrogen) atoms. The van der Waals surface area contributed by atoms with Crippen molar-refractivity contribution in [3.63, 3.8) is 0 Å². The Bertz CT molecular complexity index is 529. The first kappa shape index (κ1) is 11.3. The highest BCUT2D eigenvalue weighted by Gasteiger charge is 2.11. The van der Waals surface area contributed by atoms with Gasteiger partial charge in [0.15, 0.2) is 5.76 Å². The molecule has 0 N–H and O–H groups in total. The second-order valence-corrected chi connectivity index (χ2v) is 4.07. The smallest absolute Gasteiger partial charge is 0.269 e. The molecule has 1 aromatic heterocycles. The summed E-state index contributed by atoms with van der Waals surface area (Å²) >= 11 is 0. The van der Waals surface area contributed by atoms with Gasteiger partial charge in [-0.1, -0.05) is 19.0 Å². The number of nitro groups is 1. The zero-order valence-electron chi connectivity index (χ0n) is 9.58. The number of nitro benzene ring substituents is 1. The maximum atomic E-state index is 10.5. The highest BCUT2D eigenvalue weighted by atomic mass is 16.6. The molecule has 0 aliphatic heterocycles. The first-order valence-electron chi connectivity index (χ1n) is 5.29. The molecule has 0 aliphatic carbocycles. The Labute approximate surface area is 98.2 Å². The third-order valence-corrected chi connectivity index (χ3v) is 2.48. The largest absolute Gasteiger partial charge is 0.356 e. The van der Waals surface area contributed by atoms with Crippen LogP contribution in [0.1, 0.15) is 25.5 Å². The van der Waals surface area contributed by atoms with Crippen molar-refractivity contribution in [2.75, 3.05) is 0 Å². The highest BCUT2D eigenvalue weighted by molar-refractivity contribution is 5.59. The van der Waals surface area contributed by atoms with Crippen LogP contribution in [0.2, 0.25) is 0 Å². The average molecular weight is 232 g/mol. The van der Waals surface area contributed by atoms with Crippen molar-refractivity contribution in [2.45, 2.75) is 19.8 Å². The van der Waals surface area contributed by atoms with Gasteiger partial charge in [0.2, 0.25) is 0 Å². The lowest BCUT2D eigenvalue weighted by atomic mass is 10.1. The van der Waals surface area contributed by atoms with E-state index in [4.69, 9.17) is 4.52 Å². The normalized spacial score (nSPS) is 10.8. The van der Waals surface area contributed by atoms with Crippen molar-refractivity contribution in [3.8, 4) is 11.3 Å². The summed E-state index contributed by atoms with van der Waals surface area (Å²) in [5.41, 5.74) is 1.73. The lowest BCUT2D eigenvalue weighted by Crippen LogP contribution is -1.86. The van der Waals surface area contributed by atoms with Gasteiger partial charge in [-0.25, -0.2) is 0 Å². The van der Waals surface area contributed by atoms with Crippen LogP contribution in [-0.2, 0) is 0 Å². The van der Waals surface area contributed by atoms with Gasteiger partial charge in [0.25, 0.3) is 5.69 Å². The Hall–Kier alpha value is -2.17. The molecule has 88 valence electrons. The third-order valence-electron chi connectivity index (χ3n) is 2.48.